The second-order valence-electron chi connectivity index (χ2n) is 2.25. The van der Waals surface area contributed by atoms with Gasteiger partial charge >= 0.3 is 0 Å². The second kappa shape index (κ2) is 3.10. The Hall–Kier alpha value is -1.44. The summed E-state index contributed by atoms with van der Waals surface area (Å²) in [5, 5.41) is 1.48. The van der Waals surface area contributed by atoms with Crippen molar-refractivity contribution in [2.75, 3.05) is 0 Å². The van der Waals surface area contributed by atoms with Crippen LogP contribution in [0.5, 0.6) is 0 Å². The minimum atomic E-state index is 0.699. The molecule has 0 fully saturated rings. The molecule has 0 N–H and O–H groups in total. The highest BCUT2D eigenvalue weighted by Crippen LogP contribution is 1.75. The van der Waals surface area contributed by atoms with Gasteiger partial charge in [0, 0.05) is 6.20 Å². The molecule has 0 amide bonds. The molecule has 1 rings (SSSR count). The lowest BCUT2D eigenvalue weighted by Gasteiger charge is -1.89. The van der Waals surface area contributed by atoms with E-state index in [4.69, 9.17) is 0 Å². The zero-order chi connectivity index (χ0) is 8.27. The van der Waals surface area contributed by atoms with Crippen molar-refractivity contribution in [1.29, 1.82) is 0 Å². The highest BCUT2D eigenvalue weighted by atomic mass is 14.8. The maximum Gasteiger partial charge on any atom is 0.0880 e. The van der Waals surface area contributed by atoms with Gasteiger partial charge in [0.05, 0.1) is 16.4 Å². The smallest absolute Gasteiger partial charge is 0.0880 e. The van der Waals surface area contributed by atoms with Gasteiger partial charge in [0.1, 0.15) is 0 Å². The number of aromatic nitrogens is 2. The average Bonchev–Trinajstić information content (AvgIpc) is 1.95. The fourth-order valence-corrected chi connectivity index (χ4v) is 0.787. The molecule has 0 aliphatic rings. The molecule has 0 saturated carbocycles. The summed E-state index contributed by atoms with van der Waals surface area (Å²) in [5.41, 5.74) is 0.885. The molecule has 2 heteroatoms. The van der Waals surface area contributed by atoms with E-state index in [1.165, 1.54) is 0 Å². The Morgan fingerprint density at radius 2 is 2.27 bits per heavy atom. The molecule has 11 heavy (non-hydrogen) atoms. The molecular formula is C9H10N2. The number of allylic oxidation sites excluding steroid dienone is 1. The van der Waals surface area contributed by atoms with Gasteiger partial charge in [0.25, 0.3) is 0 Å². The third-order valence-corrected chi connectivity index (χ3v) is 1.27. The van der Waals surface area contributed by atoms with Gasteiger partial charge in [0.2, 0.25) is 0 Å². The van der Waals surface area contributed by atoms with Crippen LogP contribution in [0.2, 0.25) is 0 Å². The predicted octanol–water partition coefficient (Wildman–Crippen LogP) is 0.162. The van der Waals surface area contributed by atoms with E-state index >= 15 is 0 Å². The highest BCUT2D eigenvalue weighted by molar-refractivity contribution is 5.32. The molecule has 0 radical (unpaired) electrons. The number of hydrogen-bond acceptors (Lipinski definition) is 2. The quantitative estimate of drug-likeness (QED) is 0.564. The summed E-state index contributed by atoms with van der Waals surface area (Å²) in [6.45, 7) is 9.20. The van der Waals surface area contributed by atoms with Gasteiger partial charge in [-0.15, -0.1) is 0 Å². The lowest BCUT2D eigenvalue weighted by atomic mass is 10.4. The minimum absolute atomic E-state index is 0.699. The number of rotatable bonds is 1. The summed E-state index contributed by atoms with van der Waals surface area (Å²) in [7, 11) is 0. The molecule has 56 valence electrons. The van der Waals surface area contributed by atoms with Crippen molar-refractivity contribution in [1.82, 2.24) is 9.97 Å². The van der Waals surface area contributed by atoms with Crippen molar-refractivity contribution >= 4 is 12.7 Å². The zero-order valence-electron chi connectivity index (χ0n) is 6.54. The first-order chi connectivity index (χ1) is 5.24. The SMILES string of the molecule is C=C/C=c1/ncc(C)nc1=C. The fraction of sp³-hybridized carbons (Fsp3) is 0.111. The molecule has 0 aromatic carbocycles. The average molecular weight is 146 g/mol. The summed E-state index contributed by atoms with van der Waals surface area (Å²) >= 11 is 0. The molecule has 1 aromatic rings. The molecule has 2 nitrogen and oxygen atoms in total. The molecule has 0 unspecified atom stereocenters. The number of hydrogen-bond donors (Lipinski definition) is 0. The van der Waals surface area contributed by atoms with Crippen molar-refractivity contribution < 1.29 is 0 Å². The van der Waals surface area contributed by atoms with Gasteiger partial charge in [0.15, 0.2) is 0 Å². The van der Waals surface area contributed by atoms with Gasteiger partial charge in [-0.2, -0.15) is 0 Å². The Morgan fingerprint density at radius 3 is 2.82 bits per heavy atom. The molecule has 0 aliphatic carbocycles. The lowest BCUT2D eigenvalue weighted by Crippen LogP contribution is -2.30. The van der Waals surface area contributed by atoms with E-state index in [0.717, 1.165) is 11.0 Å². The maximum atomic E-state index is 4.14. The van der Waals surface area contributed by atoms with E-state index < -0.39 is 0 Å². The summed E-state index contributed by atoms with van der Waals surface area (Å²) in [6, 6.07) is 0. The van der Waals surface area contributed by atoms with Crippen LogP contribution in [0.1, 0.15) is 5.69 Å². The van der Waals surface area contributed by atoms with Crippen LogP contribution in [0.3, 0.4) is 0 Å². The van der Waals surface area contributed by atoms with Gasteiger partial charge < -0.3 is 0 Å². The first kappa shape index (κ1) is 7.66. The highest BCUT2D eigenvalue weighted by Gasteiger charge is 1.85. The Bertz CT molecular complexity index is 366. The Morgan fingerprint density at radius 1 is 1.55 bits per heavy atom. The predicted molar refractivity (Wildman–Crippen MR) is 46.2 cm³/mol. The molecular weight excluding hydrogens is 136 g/mol. The van der Waals surface area contributed by atoms with Crippen LogP contribution < -0.4 is 10.7 Å². The van der Waals surface area contributed by atoms with E-state index in [1.54, 1.807) is 18.3 Å². The van der Waals surface area contributed by atoms with Crippen molar-refractivity contribution in [3.8, 4) is 0 Å². The summed E-state index contributed by atoms with van der Waals surface area (Å²) in [5.74, 6) is 0. The van der Waals surface area contributed by atoms with Crippen LogP contribution in [-0.4, -0.2) is 9.97 Å². The van der Waals surface area contributed by atoms with Gasteiger partial charge in [-0.3, -0.25) is 9.97 Å². The van der Waals surface area contributed by atoms with E-state index in [-0.39, 0.29) is 0 Å². The Kier molecular flexibility index (Phi) is 2.16. The number of aryl methyl sites for hydroxylation is 1. The van der Waals surface area contributed by atoms with Crippen LogP contribution in [0.25, 0.3) is 12.7 Å². The molecule has 0 saturated heterocycles. The Balaban J connectivity index is 3.43. The maximum absolute atomic E-state index is 4.14. The van der Waals surface area contributed by atoms with Crippen LogP contribution >= 0.6 is 0 Å². The standard InChI is InChI=1S/C9H10N2/c1-4-5-9-8(3)11-7(2)6-10-9/h4-6H,1,3H2,2H3/b9-5+. The molecule has 0 bridgehead atoms. The van der Waals surface area contributed by atoms with Crippen LogP contribution in [-0.2, 0) is 0 Å². The van der Waals surface area contributed by atoms with Crippen molar-refractivity contribution in [3.63, 3.8) is 0 Å². The van der Waals surface area contributed by atoms with Crippen LogP contribution in [0, 0.1) is 6.92 Å². The minimum Gasteiger partial charge on any atom is -0.253 e. The molecule has 0 spiro atoms. The zero-order valence-corrected chi connectivity index (χ0v) is 6.54. The van der Waals surface area contributed by atoms with Crippen molar-refractivity contribution in [2.45, 2.75) is 6.92 Å². The summed E-state index contributed by atoms with van der Waals surface area (Å²) in [6.07, 6.45) is 5.17. The van der Waals surface area contributed by atoms with Crippen LogP contribution in [0.4, 0.5) is 0 Å². The lowest BCUT2D eigenvalue weighted by molar-refractivity contribution is 1.04. The number of nitrogens with zero attached hydrogens (tertiary/aromatic N) is 2. The fourth-order valence-electron chi connectivity index (χ4n) is 0.787. The van der Waals surface area contributed by atoms with E-state index in [9.17, 15) is 0 Å². The normalized spacial score (nSPS) is 11.5. The first-order valence-corrected chi connectivity index (χ1v) is 3.35. The van der Waals surface area contributed by atoms with E-state index in [1.807, 2.05) is 6.92 Å². The van der Waals surface area contributed by atoms with Crippen molar-refractivity contribution in [3.05, 3.63) is 35.2 Å². The molecule has 1 aromatic heterocycles. The topological polar surface area (TPSA) is 25.8 Å². The second-order valence-corrected chi connectivity index (χ2v) is 2.25. The summed E-state index contributed by atoms with van der Waals surface area (Å²) < 4.78 is 0. The van der Waals surface area contributed by atoms with Gasteiger partial charge in [-0.1, -0.05) is 19.2 Å². The third kappa shape index (κ3) is 1.74. The molecule has 0 aliphatic heterocycles. The van der Waals surface area contributed by atoms with Gasteiger partial charge in [-0.25, -0.2) is 0 Å². The van der Waals surface area contributed by atoms with Crippen molar-refractivity contribution in [2.24, 2.45) is 0 Å². The third-order valence-electron chi connectivity index (χ3n) is 1.27. The van der Waals surface area contributed by atoms with Gasteiger partial charge in [-0.05, 0) is 13.0 Å². The van der Waals surface area contributed by atoms with Crippen LogP contribution in [0.15, 0.2) is 18.9 Å². The summed E-state index contributed by atoms with van der Waals surface area (Å²) in [4.78, 5) is 8.26. The first-order valence-electron chi connectivity index (χ1n) is 3.35. The van der Waals surface area contributed by atoms with E-state index in [0.29, 0.717) is 5.35 Å². The Labute approximate surface area is 65.6 Å². The molecule has 0 atom stereocenters. The monoisotopic (exact) mass is 146 g/mol. The van der Waals surface area contributed by atoms with E-state index in [2.05, 4.69) is 23.1 Å². The largest absolute Gasteiger partial charge is 0.253 e. The molecule has 1 heterocycles.